The zero-order valence-electron chi connectivity index (χ0n) is 23.1. The van der Waals surface area contributed by atoms with E-state index in [1.807, 2.05) is 30.3 Å². The highest BCUT2D eigenvalue weighted by Gasteiger charge is 2.30. The summed E-state index contributed by atoms with van der Waals surface area (Å²) in [5.74, 6) is 3.03. The van der Waals surface area contributed by atoms with Crippen LogP contribution in [0, 0.1) is 0 Å². The molecule has 0 saturated heterocycles. The third kappa shape index (κ3) is 5.40. The number of benzene rings is 2. The zero-order valence-corrected chi connectivity index (χ0v) is 23.1. The molecule has 1 fully saturated rings. The van der Waals surface area contributed by atoms with Crippen molar-refractivity contribution in [2.75, 3.05) is 13.9 Å². The van der Waals surface area contributed by atoms with E-state index in [1.165, 1.54) is 19.3 Å². The summed E-state index contributed by atoms with van der Waals surface area (Å²) in [6.45, 7) is 3.43. The number of aromatic nitrogens is 5. The number of rotatable bonds is 10. The summed E-state index contributed by atoms with van der Waals surface area (Å²) in [7, 11) is 1.67. The van der Waals surface area contributed by atoms with Gasteiger partial charge in [0.05, 0.1) is 24.7 Å². The molecule has 0 amide bonds. The fraction of sp³-hybridized carbons (Fsp3) is 0.467. The highest BCUT2D eigenvalue weighted by Crippen LogP contribution is 2.36. The molecule has 6 rings (SSSR count). The van der Waals surface area contributed by atoms with E-state index in [-0.39, 0.29) is 18.4 Å². The van der Waals surface area contributed by atoms with E-state index < -0.39 is 0 Å². The second kappa shape index (κ2) is 11.7. The van der Waals surface area contributed by atoms with Crippen LogP contribution in [0.25, 0.3) is 10.9 Å². The smallest absolute Gasteiger partial charge is 0.252 e. The molecule has 10 nitrogen and oxygen atoms in total. The number of tetrazole rings is 1. The molecule has 0 unspecified atom stereocenters. The molecule has 10 heteroatoms. The van der Waals surface area contributed by atoms with Crippen molar-refractivity contribution in [1.29, 1.82) is 0 Å². The molecule has 0 bridgehead atoms. The minimum absolute atomic E-state index is 0.0594. The molecule has 1 N–H and O–H groups in total. The van der Waals surface area contributed by atoms with Gasteiger partial charge in [0.1, 0.15) is 5.75 Å². The van der Waals surface area contributed by atoms with Crippen molar-refractivity contribution in [2.24, 2.45) is 0 Å². The van der Waals surface area contributed by atoms with E-state index >= 15 is 0 Å². The number of fused-ring (bicyclic) bond motifs is 2. The Labute approximate surface area is 233 Å². The summed E-state index contributed by atoms with van der Waals surface area (Å²) in [4.78, 5) is 18.8. The van der Waals surface area contributed by atoms with Gasteiger partial charge in [0.2, 0.25) is 6.79 Å². The number of ether oxygens (including phenoxy) is 3. The molecule has 0 radical (unpaired) electrons. The molecule has 1 atom stereocenters. The first-order valence-electron chi connectivity index (χ1n) is 14.2. The monoisotopic (exact) mass is 544 g/mol. The van der Waals surface area contributed by atoms with Gasteiger partial charge in [-0.05, 0) is 59.5 Å². The van der Waals surface area contributed by atoms with Gasteiger partial charge >= 0.3 is 0 Å². The Balaban J connectivity index is 1.38. The lowest BCUT2D eigenvalue weighted by Gasteiger charge is -2.32. The van der Waals surface area contributed by atoms with Crippen LogP contribution in [0.3, 0.4) is 0 Å². The molecule has 2 aromatic heterocycles. The summed E-state index contributed by atoms with van der Waals surface area (Å²) >= 11 is 0. The maximum atomic E-state index is 13.4. The summed E-state index contributed by atoms with van der Waals surface area (Å²) in [5.41, 5.74) is 2.41. The number of methoxy groups -OCH3 is 1. The molecule has 210 valence electrons. The summed E-state index contributed by atoms with van der Waals surface area (Å²) in [6, 6.07) is 14.1. The fourth-order valence-electron chi connectivity index (χ4n) is 5.97. The Morgan fingerprint density at radius 3 is 2.60 bits per heavy atom. The minimum Gasteiger partial charge on any atom is -0.497 e. The number of pyridine rings is 1. The van der Waals surface area contributed by atoms with Crippen molar-refractivity contribution < 1.29 is 14.2 Å². The highest BCUT2D eigenvalue weighted by molar-refractivity contribution is 5.83. The van der Waals surface area contributed by atoms with Gasteiger partial charge in [0, 0.05) is 30.1 Å². The molecule has 1 saturated carbocycles. The Morgan fingerprint density at radius 2 is 1.85 bits per heavy atom. The zero-order chi connectivity index (χ0) is 27.5. The lowest BCUT2D eigenvalue weighted by Crippen LogP contribution is -2.33. The average Bonchev–Trinajstić information content (AvgIpc) is 3.65. The van der Waals surface area contributed by atoms with Crippen LogP contribution in [-0.4, -0.2) is 44.0 Å². The summed E-state index contributed by atoms with van der Waals surface area (Å²) < 4.78 is 18.5. The second-order valence-corrected chi connectivity index (χ2v) is 10.7. The Morgan fingerprint density at radius 1 is 1.07 bits per heavy atom. The number of aromatic amines is 1. The van der Waals surface area contributed by atoms with Gasteiger partial charge in [-0.25, -0.2) is 4.68 Å². The molecule has 2 aromatic carbocycles. The van der Waals surface area contributed by atoms with E-state index in [4.69, 9.17) is 14.2 Å². The van der Waals surface area contributed by atoms with Crippen molar-refractivity contribution >= 4 is 10.9 Å². The lowest BCUT2D eigenvalue weighted by atomic mass is 9.95. The van der Waals surface area contributed by atoms with Crippen molar-refractivity contribution in [3.05, 3.63) is 69.8 Å². The lowest BCUT2D eigenvalue weighted by molar-refractivity contribution is 0.150. The van der Waals surface area contributed by atoms with Crippen LogP contribution in [0.4, 0.5) is 0 Å². The van der Waals surface area contributed by atoms with Gasteiger partial charge in [-0.2, -0.15) is 0 Å². The highest BCUT2D eigenvalue weighted by atomic mass is 16.7. The number of nitrogens with zero attached hydrogens (tertiary/aromatic N) is 5. The SMILES string of the molecule is CCC[C@@H](c1nnnn1C1CCCCC1)N(Cc1ccc(OC)cc1)Cc1cc2cc3c(cc2[nH]c1=O)OCO3. The number of hydrogen-bond acceptors (Lipinski definition) is 8. The molecule has 0 spiro atoms. The van der Waals surface area contributed by atoms with E-state index in [9.17, 15) is 4.79 Å². The van der Waals surface area contributed by atoms with E-state index in [0.717, 1.165) is 53.7 Å². The van der Waals surface area contributed by atoms with Gasteiger partial charge in [0.25, 0.3) is 5.56 Å². The quantitative estimate of drug-likeness (QED) is 0.287. The fourth-order valence-corrected chi connectivity index (χ4v) is 5.97. The molecule has 4 aromatic rings. The molecular formula is C30H36N6O4. The van der Waals surface area contributed by atoms with E-state index in [0.29, 0.717) is 36.2 Å². The van der Waals surface area contributed by atoms with Gasteiger partial charge < -0.3 is 19.2 Å². The third-order valence-corrected chi connectivity index (χ3v) is 8.07. The summed E-state index contributed by atoms with van der Waals surface area (Å²) in [6.07, 6.45) is 7.67. The van der Waals surface area contributed by atoms with Crippen molar-refractivity contribution in [3.8, 4) is 17.2 Å². The Kier molecular flexibility index (Phi) is 7.68. The van der Waals surface area contributed by atoms with E-state index in [1.54, 1.807) is 7.11 Å². The van der Waals surface area contributed by atoms with Crippen LogP contribution in [0.5, 0.6) is 17.2 Å². The van der Waals surface area contributed by atoms with Crippen molar-refractivity contribution in [3.63, 3.8) is 0 Å². The maximum Gasteiger partial charge on any atom is 0.252 e. The van der Waals surface area contributed by atoms with Crippen LogP contribution < -0.4 is 19.8 Å². The van der Waals surface area contributed by atoms with Crippen LogP contribution in [0.15, 0.2) is 47.3 Å². The van der Waals surface area contributed by atoms with Gasteiger partial charge in [-0.1, -0.05) is 44.7 Å². The van der Waals surface area contributed by atoms with Crippen LogP contribution in [0.2, 0.25) is 0 Å². The number of nitrogens with one attached hydrogen (secondary N) is 1. The largest absolute Gasteiger partial charge is 0.497 e. The first-order chi connectivity index (χ1) is 19.6. The standard InChI is InChI=1S/C30H36N6O4/c1-3-7-26(29-32-33-34-36(29)23-8-5-4-6-9-23)35(17-20-10-12-24(38-2)13-11-20)18-22-14-21-15-27-28(40-19-39-27)16-25(21)31-30(22)37/h10-16,23,26H,3-9,17-19H2,1-2H3,(H,31,37)/t26-/m0/s1. The minimum atomic E-state index is -0.117. The topological polar surface area (TPSA) is 107 Å². The maximum absolute atomic E-state index is 13.4. The number of hydrogen-bond donors (Lipinski definition) is 1. The summed E-state index contributed by atoms with van der Waals surface area (Å²) in [5, 5.41) is 14.1. The first-order valence-corrected chi connectivity index (χ1v) is 14.2. The van der Waals surface area contributed by atoms with Crippen LogP contribution >= 0.6 is 0 Å². The van der Waals surface area contributed by atoms with Crippen LogP contribution in [0.1, 0.15) is 80.9 Å². The number of H-pyrrole nitrogens is 1. The average molecular weight is 545 g/mol. The molecule has 40 heavy (non-hydrogen) atoms. The molecule has 2 aliphatic rings. The molecule has 3 heterocycles. The third-order valence-electron chi connectivity index (χ3n) is 8.07. The van der Waals surface area contributed by atoms with Gasteiger partial charge in [-0.15, -0.1) is 5.10 Å². The normalized spacial score (nSPS) is 16.1. The predicted octanol–water partition coefficient (Wildman–Crippen LogP) is 5.30. The molecule has 1 aliphatic carbocycles. The van der Waals surface area contributed by atoms with Gasteiger partial charge in [0.15, 0.2) is 17.3 Å². The predicted molar refractivity (Wildman–Crippen MR) is 151 cm³/mol. The van der Waals surface area contributed by atoms with Crippen molar-refractivity contribution in [1.82, 2.24) is 30.1 Å². The first kappa shape index (κ1) is 26.3. The van der Waals surface area contributed by atoms with Crippen molar-refractivity contribution in [2.45, 2.75) is 77.0 Å². The van der Waals surface area contributed by atoms with Gasteiger partial charge in [-0.3, -0.25) is 9.69 Å². The van der Waals surface area contributed by atoms with Crippen LogP contribution in [-0.2, 0) is 13.1 Å². The Bertz CT molecular complexity index is 1510. The van der Waals surface area contributed by atoms with E-state index in [2.05, 4.69) is 49.1 Å². The molecule has 1 aliphatic heterocycles. The molecular weight excluding hydrogens is 508 g/mol. The Hall–Kier alpha value is -3.92. The second-order valence-electron chi connectivity index (χ2n) is 10.7.